The lowest BCUT2D eigenvalue weighted by Crippen LogP contribution is -2.71. The summed E-state index contributed by atoms with van der Waals surface area (Å²) in [5.74, 6) is -2.15. The number of rotatable bonds is 15. The van der Waals surface area contributed by atoms with E-state index in [0.29, 0.717) is 10.7 Å². The number of nitrogens with zero attached hydrogens (tertiary/aromatic N) is 3. The minimum Gasteiger partial charge on any atom is -0.448 e. The van der Waals surface area contributed by atoms with Gasteiger partial charge >= 0.3 is 12.6 Å². The molecule has 0 aliphatic carbocycles. The summed E-state index contributed by atoms with van der Waals surface area (Å²) in [4.78, 5) is 52.2. The third-order valence-electron chi connectivity index (χ3n) is 10.2. The minimum atomic E-state index is -3.35. The maximum absolute atomic E-state index is 14.1. The molecule has 1 aromatic heterocycles. The van der Waals surface area contributed by atoms with Gasteiger partial charge in [-0.15, -0.1) is 34.7 Å². The molecule has 6 aromatic rings. The Morgan fingerprint density at radius 3 is 1.82 bits per heavy atom. The number of oxime groups is 1. The average Bonchev–Trinajstić information content (AvgIpc) is 3.77. The van der Waals surface area contributed by atoms with Crippen LogP contribution < -0.4 is 10.6 Å². The Morgan fingerprint density at radius 1 is 0.820 bits per heavy atom. The van der Waals surface area contributed by atoms with Crippen LogP contribution >= 0.6 is 34.7 Å². The molecular weight excluding hydrogens is 840 g/mol. The number of anilines is 1. The maximum atomic E-state index is 14.1. The molecule has 8 rings (SSSR count). The third kappa shape index (κ3) is 8.51. The molecule has 0 saturated carbocycles. The van der Waals surface area contributed by atoms with Crippen molar-refractivity contribution in [1.82, 2.24) is 15.2 Å². The van der Waals surface area contributed by atoms with Crippen LogP contribution in [0.3, 0.4) is 0 Å². The molecular formula is C46H36ClF2N5O5S2. The van der Waals surface area contributed by atoms with Crippen LogP contribution in [0.2, 0.25) is 0 Å². The first-order chi connectivity index (χ1) is 29.8. The van der Waals surface area contributed by atoms with Crippen LogP contribution in [-0.2, 0) is 29.5 Å². The number of ether oxygens (including phenoxy) is 1. The molecule has 2 atom stereocenters. The summed E-state index contributed by atoms with van der Waals surface area (Å²) in [7, 11) is 0. The molecule has 61 heavy (non-hydrogen) atoms. The van der Waals surface area contributed by atoms with Crippen molar-refractivity contribution >= 4 is 63.3 Å². The first kappa shape index (κ1) is 41.4. The molecule has 2 amide bonds. The summed E-state index contributed by atoms with van der Waals surface area (Å²) in [5.41, 5.74) is 2.96. The number of alkyl halides is 3. The molecule has 0 radical (unpaired) electrons. The van der Waals surface area contributed by atoms with Crippen molar-refractivity contribution in [2.45, 2.75) is 29.7 Å². The summed E-state index contributed by atoms with van der Waals surface area (Å²) in [6, 6.07) is 46.5. The smallest absolute Gasteiger partial charge is 0.407 e. The Bertz CT molecular complexity index is 2420. The maximum Gasteiger partial charge on any atom is 0.407 e. The second-order valence-corrected chi connectivity index (χ2v) is 16.1. The van der Waals surface area contributed by atoms with Gasteiger partial charge in [0.2, 0.25) is 0 Å². The van der Waals surface area contributed by atoms with Gasteiger partial charge in [0.1, 0.15) is 28.3 Å². The standard InChI is InChI=1S/C46H36ClF2N5O5S2/c47-26-31-27-60-42-37(41(56)54(42)38(31)43(57)58-39(29-16-6-1-7-17-29)30-18-8-2-9-19-30)51-40(55)36(53-59-44(48)49)35-28-61-45(50-35)52-46(32-20-10-3-11-21-32,33-22-12-4-13-23-33)34-24-14-5-15-25-34/h1-25,28,37,39,42,44H,26-27H2,(H,50,52)(H,51,55)/t37-,42-/m0/s1. The fraction of sp³-hybridized carbons (Fsp3) is 0.152. The van der Waals surface area contributed by atoms with Crippen molar-refractivity contribution in [3.8, 4) is 0 Å². The van der Waals surface area contributed by atoms with Gasteiger partial charge < -0.3 is 20.2 Å². The number of carbonyl (C=O) groups excluding carboxylic acids is 3. The lowest BCUT2D eigenvalue weighted by molar-refractivity contribution is -0.154. The zero-order valence-corrected chi connectivity index (χ0v) is 34.5. The van der Waals surface area contributed by atoms with E-state index in [-0.39, 0.29) is 23.0 Å². The molecule has 2 aliphatic rings. The Kier molecular flexibility index (Phi) is 12.6. The topological polar surface area (TPSA) is 122 Å². The summed E-state index contributed by atoms with van der Waals surface area (Å²) < 4.78 is 33.1. The van der Waals surface area contributed by atoms with E-state index in [1.165, 1.54) is 22.0 Å². The van der Waals surface area contributed by atoms with Crippen LogP contribution in [0.25, 0.3) is 0 Å². The number of aromatic nitrogens is 1. The van der Waals surface area contributed by atoms with Gasteiger partial charge in [-0.2, -0.15) is 8.78 Å². The Labute approximate surface area is 363 Å². The number of nitrogens with one attached hydrogen (secondary N) is 2. The highest BCUT2D eigenvalue weighted by molar-refractivity contribution is 8.00. The number of esters is 1. The molecule has 2 aliphatic heterocycles. The summed E-state index contributed by atoms with van der Waals surface area (Å²) >= 11 is 8.74. The van der Waals surface area contributed by atoms with Gasteiger partial charge in [-0.3, -0.25) is 14.5 Å². The van der Waals surface area contributed by atoms with E-state index in [1.54, 1.807) is 0 Å². The van der Waals surface area contributed by atoms with E-state index in [4.69, 9.17) is 16.3 Å². The number of hydrogen-bond acceptors (Lipinski definition) is 10. The highest BCUT2D eigenvalue weighted by Crippen LogP contribution is 2.43. The molecule has 308 valence electrons. The molecule has 1 saturated heterocycles. The minimum absolute atomic E-state index is 0.00464. The second kappa shape index (κ2) is 18.5. The van der Waals surface area contributed by atoms with Gasteiger partial charge in [0.05, 0.1) is 0 Å². The molecule has 3 heterocycles. The number of benzene rings is 5. The first-order valence-electron chi connectivity index (χ1n) is 19.1. The molecule has 15 heteroatoms. The van der Waals surface area contributed by atoms with Crippen LogP contribution in [0.5, 0.6) is 0 Å². The van der Waals surface area contributed by atoms with E-state index in [2.05, 4.69) is 25.6 Å². The van der Waals surface area contributed by atoms with E-state index in [1.807, 2.05) is 152 Å². The van der Waals surface area contributed by atoms with Gasteiger partial charge in [-0.25, -0.2) is 9.78 Å². The monoisotopic (exact) mass is 875 g/mol. The molecule has 1 fully saturated rings. The van der Waals surface area contributed by atoms with E-state index >= 15 is 0 Å². The van der Waals surface area contributed by atoms with Crippen molar-refractivity contribution < 1.29 is 32.7 Å². The SMILES string of the molecule is O=C(N[C@H]1C(=O)N2C(C(=O)OC(c3ccccc3)c3ccccc3)=C(CCl)CS[C@@H]12)C(=NOC(F)F)c1csc(NC(c2ccccc2)(c2ccccc2)c2ccccc2)n1. The van der Waals surface area contributed by atoms with Crippen molar-refractivity contribution in [1.29, 1.82) is 0 Å². The van der Waals surface area contributed by atoms with Gasteiger partial charge in [0.15, 0.2) is 16.9 Å². The highest BCUT2D eigenvalue weighted by Gasteiger charge is 2.55. The number of amides is 2. The average molecular weight is 876 g/mol. The molecule has 10 nitrogen and oxygen atoms in total. The first-order valence-corrected chi connectivity index (χ1v) is 21.5. The summed E-state index contributed by atoms with van der Waals surface area (Å²) in [5, 5.41) is 10.8. The fourth-order valence-electron chi connectivity index (χ4n) is 7.41. The van der Waals surface area contributed by atoms with Crippen molar-refractivity contribution in [3.05, 3.63) is 202 Å². The normalized spacial score (nSPS) is 16.5. The van der Waals surface area contributed by atoms with Crippen molar-refractivity contribution in [2.75, 3.05) is 16.9 Å². The van der Waals surface area contributed by atoms with Crippen molar-refractivity contribution in [3.63, 3.8) is 0 Å². The third-order valence-corrected chi connectivity index (χ3v) is 12.6. The van der Waals surface area contributed by atoms with Crippen molar-refractivity contribution in [2.24, 2.45) is 5.16 Å². The molecule has 0 bridgehead atoms. The van der Waals surface area contributed by atoms with Crippen LogP contribution in [0, 0.1) is 0 Å². The lowest BCUT2D eigenvalue weighted by Gasteiger charge is -2.49. The highest BCUT2D eigenvalue weighted by atomic mass is 35.5. The van der Waals surface area contributed by atoms with Gasteiger partial charge in [0, 0.05) is 17.0 Å². The zero-order chi connectivity index (χ0) is 42.3. The molecule has 2 N–H and O–H groups in total. The van der Waals surface area contributed by atoms with E-state index in [9.17, 15) is 23.2 Å². The Morgan fingerprint density at radius 2 is 1.33 bits per heavy atom. The second-order valence-electron chi connectivity index (χ2n) is 13.9. The number of halogens is 3. The van der Waals surface area contributed by atoms with Gasteiger partial charge in [0.25, 0.3) is 11.8 Å². The number of thiazole rings is 1. The molecule has 0 spiro atoms. The number of β-lactam (4-membered cyclic amide) rings is 1. The Hall–Kier alpha value is -6.35. The van der Waals surface area contributed by atoms with Crippen LogP contribution in [0.1, 0.15) is 39.6 Å². The number of thioether (sulfide) groups is 1. The quantitative estimate of drug-likeness (QED) is 0.0263. The van der Waals surface area contributed by atoms with Gasteiger partial charge in [-0.1, -0.05) is 157 Å². The summed E-state index contributed by atoms with van der Waals surface area (Å²) in [6.45, 7) is -3.35. The Balaban J connectivity index is 1.05. The van der Waals surface area contributed by atoms with Crippen LogP contribution in [-0.4, -0.2) is 63.0 Å². The number of fused-ring (bicyclic) bond motifs is 1. The van der Waals surface area contributed by atoms with E-state index in [0.717, 1.165) is 39.2 Å². The largest absolute Gasteiger partial charge is 0.448 e. The fourth-order valence-corrected chi connectivity index (χ4v) is 9.84. The summed E-state index contributed by atoms with van der Waals surface area (Å²) in [6.07, 6.45) is -0.789. The molecule has 5 aromatic carbocycles. The molecule has 0 unspecified atom stereocenters. The lowest BCUT2D eigenvalue weighted by atomic mass is 9.77. The van der Waals surface area contributed by atoms with Crippen LogP contribution in [0.15, 0.2) is 173 Å². The van der Waals surface area contributed by atoms with Crippen LogP contribution in [0.4, 0.5) is 13.9 Å². The van der Waals surface area contributed by atoms with Gasteiger partial charge in [-0.05, 0) is 33.4 Å². The number of carbonyl (C=O) groups is 3. The predicted octanol–water partition coefficient (Wildman–Crippen LogP) is 8.72. The zero-order valence-electron chi connectivity index (χ0n) is 32.1. The number of hydrogen-bond donors (Lipinski definition) is 2. The van der Waals surface area contributed by atoms with E-state index < -0.39 is 53.2 Å². The predicted molar refractivity (Wildman–Crippen MR) is 232 cm³/mol.